The number of aliphatic carboxylic acids is 1. The minimum Gasteiger partial charge on any atom is -0.481 e. The molecule has 2 unspecified atom stereocenters. The lowest BCUT2D eigenvalue weighted by atomic mass is 9.34. The summed E-state index contributed by atoms with van der Waals surface area (Å²) in [5, 5.41) is 10.9. The zero-order chi connectivity index (χ0) is 32.8. The van der Waals surface area contributed by atoms with E-state index in [-0.39, 0.29) is 29.5 Å². The lowest BCUT2D eigenvalue weighted by Crippen LogP contribution is -2.71. The van der Waals surface area contributed by atoms with Gasteiger partial charge in [0.05, 0.1) is 25.7 Å². The first kappa shape index (κ1) is 33.6. The summed E-state index contributed by atoms with van der Waals surface area (Å²) in [6.45, 7) is 21.4. The van der Waals surface area contributed by atoms with Crippen molar-refractivity contribution in [2.75, 3.05) is 19.8 Å². The molecule has 0 spiro atoms. The maximum absolute atomic E-state index is 14.7. The summed E-state index contributed by atoms with van der Waals surface area (Å²) in [6, 6.07) is 0. The number of allylic oxidation sites excluding steroid dienone is 1. The van der Waals surface area contributed by atoms with Crippen LogP contribution in [0.1, 0.15) is 101 Å². The molecule has 0 amide bonds. The minimum absolute atomic E-state index is 0.0339. The van der Waals surface area contributed by atoms with Gasteiger partial charge in [0, 0.05) is 28.7 Å². The summed E-state index contributed by atoms with van der Waals surface area (Å²) in [7, 11) is 0. The Balaban J connectivity index is 1.64. The molecule has 5 aliphatic rings. The SMILES string of the molecule is CC(=O)O[C@@H]1C[C@@]23COC[C@@](C)(C2CCC2C3=CC(=O)[C@@]3(C)[C@H](C(=O)O)[C@@](C)([C@H](C)C(C)C)CC[C@]23C)[C@H]1OCC(C)(C)N. The van der Waals surface area contributed by atoms with E-state index in [4.69, 9.17) is 19.9 Å². The number of hydrogen-bond acceptors (Lipinski definition) is 7. The van der Waals surface area contributed by atoms with Gasteiger partial charge in [-0.3, -0.25) is 14.4 Å². The Hall–Kier alpha value is -1.77. The van der Waals surface area contributed by atoms with Crippen LogP contribution in [0.4, 0.5) is 0 Å². The summed E-state index contributed by atoms with van der Waals surface area (Å²) in [5.41, 5.74) is 3.81. The van der Waals surface area contributed by atoms with Gasteiger partial charge in [0.15, 0.2) is 5.78 Å². The maximum atomic E-state index is 14.7. The van der Waals surface area contributed by atoms with Crippen LogP contribution in [0.5, 0.6) is 0 Å². The second-order valence-corrected chi connectivity index (χ2v) is 17.3. The van der Waals surface area contributed by atoms with Crippen molar-refractivity contribution in [2.24, 2.45) is 62.4 Å². The Morgan fingerprint density at radius 2 is 1.77 bits per heavy atom. The number of ketones is 1. The normalized spacial score (nSPS) is 45.9. The molecule has 0 aromatic heterocycles. The van der Waals surface area contributed by atoms with Crippen molar-refractivity contribution in [3.63, 3.8) is 0 Å². The highest BCUT2D eigenvalue weighted by Crippen LogP contribution is 2.74. The second-order valence-electron chi connectivity index (χ2n) is 17.3. The van der Waals surface area contributed by atoms with Crippen LogP contribution in [-0.4, -0.2) is 60.4 Å². The number of carbonyl (C=O) groups excluding carboxylic acids is 2. The number of rotatable bonds is 7. The van der Waals surface area contributed by atoms with E-state index in [2.05, 4.69) is 41.5 Å². The molecule has 4 fully saturated rings. The molecule has 0 aromatic carbocycles. The Bertz CT molecular complexity index is 1240. The lowest BCUT2D eigenvalue weighted by Gasteiger charge is -2.70. The Morgan fingerprint density at radius 1 is 1.11 bits per heavy atom. The van der Waals surface area contributed by atoms with Crippen molar-refractivity contribution in [1.82, 2.24) is 0 Å². The zero-order valence-corrected chi connectivity index (χ0v) is 28.7. The number of fused-ring (bicyclic) bond motifs is 3. The van der Waals surface area contributed by atoms with Gasteiger partial charge in [-0.05, 0) is 86.5 Å². The van der Waals surface area contributed by atoms with Crippen molar-refractivity contribution >= 4 is 17.7 Å². The molecule has 0 radical (unpaired) electrons. The Morgan fingerprint density at radius 3 is 2.34 bits per heavy atom. The molecule has 11 atom stereocenters. The van der Waals surface area contributed by atoms with Crippen LogP contribution in [0.3, 0.4) is 0 Å². The van der Waals surface area contributed by atoms with Crippen LogP contribution in [0.25, 0.3) is 0 Å². The maximum Gasteiger partial charge on any atom is 0.308 e. The van der Waals surface area contributed by atoms with Crippen LogP contribution < -0.4 is 5.73 Å². The largest absolute Gasteiger partial charge is 0.481 e. The van der Waals surface area contributed by atoms with Gasteiger partial charge in [-0.2, -0.15) is 0 Å². The minimum atomic E-state index is -1.05. The van der Waals surface area contributed by atoms with E-state index in [0.29, 0.717) is 32.2 Å². The van der Waals surface area contributed by atoms with Crippen LogP contribution in [-0.2, 0) is 28.6 Å². The number of nitrogens with two attached hydrogens (primary N) is 1. The topological polar surface area (TPSA) is 125 Å². The highest BCUT2D eigenvalue weighted by Gasteiger charge is 2.74. The molecule has 1 heterocycles. The average molecular weight is 616 g/mol. The predicted molar refractivity (Wildman–Crippen MR) is 168 cm³/mol. The first-order valence-electron chi connectivity index (χ1n) is 16.8. The molecule has 1 saturated heterocycles. The van der Waals surface area contributed by atoms with E-state index in [1.807, 2.05) is 26.8 Å². The predicted octanol–water partition coefficient (Wildman–Crippen LogP) is 5.81. The monoisotopic (exact) mass is 615 g/mol. The second kappa shape index (κ2) is 10.6. The van der Waals surface area contributed by atoms with Gasteiger partial charge in [0.25, 0.3) is 0 Å². The van der Waals surface area contributed by atoms with Crippen molar-refractivity contribution in [1.29, 1.82) is 0 Å². The summed E-state index contributed by atoms with van der Waals surface area (Å²) in [4.78, 5) is 40.5. The van der Waals surface area contributed by atoms with E-state index in [1.165, 1.54) is 6.92 Å². The molecular weight excluding hydrogens is 558 g/mol. The van der Waals surface area contributed by atoms with Crippen molar-refractivity contribution < 1.29 is 33.7 Å². The summed E-state index contributed by atoms with van der Waals surface area (Å²) >= 11 is 0. The van der Waals surface area contributed by atoms with E-state index in [1.54, 1.807) is 0 Å². The summed E-state index contributed by atoms with van der Waals surface area (Å²) in [6.07, 6.45) is 4.79. The number of ether oxygens (including phenoxy) is 3. The molecular formula is C36H57NO7. The van der Waals surface area contributed by atoms with E-state index in [9.17, 15) is 19.5 Å². The van der Waals surface area contributed by atoms with Gasteiger partial charge in [0.1, 0.15) is 12.2 Å². The number of carboxylic acids is 1. The van der Waals surface area contributed by atoms with Gasteiger partial charge in [-0.1, -0.05) is 54.0 Å². The third kappa shape index (κ3) is 4.58. The average Bonchev–Trinajstić information content (AvgIpc) is 2.88. The standard InChI is InChI=1S/C36H57NO7/c1-20(2)21(3)32(7)13-14-34(9)23-11-12-26-33(8)18-42-19-36(26,24(23)15-27(39)35(34,10)28(32)30(40)41)16-25(44-22(4)38)29(33)43-17-31(5,6)37/h15,20-21,23,25-26,28-29H,11-14,16-19,37H2,1-10H3,(H,40,41)/t21-,23?,25-,26?,28-,29+,32-,33+,34-,35+,36+/m1/s1. The number of hydrogen-bond donors (Lipinski definition) is 2. The van der Waals surface area contributed by atoms with Gasteiger partial charge in [0.2, 0.25) is 0 Å². The highest BCUT2D eigenvalue weighted by atomic mass is 16.6. The molecule has 44 heavy (non-hydrogen) atoms. The fourth-order valence-electron chi connectivity index (χ4n) is 11.3. The Kier molecular flexibility index (Phi) is 8.11. The van der Waals surface area contributed by atoms with E-state index in [0.717, 1.165) is 31.3 Å². The number of carbonyl (C=O) groups is 3. The first-order chi connectivity index (χ1) is 20.2. The fourth-order valence-corrected chi connectivity index (χ4v) is 11.3. The molecule has 2 bridgehead atoms. The third-order valence-corrected chi connectivity index (χ3v) is 13.9. The molecule has 4 aliphatic carbocycles. The highest BCUT2D eigenvalue weighted by molar-refractivity contribution is 6.00. The van der Waals surface area contributed by atoms with Gasteiger partial charge < -0.3 is 25.1 Å². The van der Waals surface area contributed by atoms with Gasteiger partial charge in [-0.15, -0.1) is 0 Å². The first-order valence-corrected chi connectivity index (χ1v) is 16.8. The third-order valence-electron chi connectivity index (χ3n) is 13.9. The quantitative estimate of drug-likeness (QED) is 0.344. The van der Waals surface area contributed by atoms with Crippen molar-refractivity contribution in [3.8, 4) is 0 Å². The molecule has 8 heteroatoms. The summed E-state index contributed by atoms with van der Waals surface area (Å²) < 4.78 is 19.0. The molecule has 3 saturated carbocycles. The zero-order valence-electron chi connectivity index (χ0n) is 28.7. The van der Waals surface area contributed by atoms with Crippen LogP contribution in [0.2, 0.25) is 0 Å². The van der Waals surface area contributed by atoms with Crippen LogP contribution in [0.15, 0.2) is 11.6 Å². The molecule has 5 rings (SSSR count). The van der Waals surface area contributed by atoms with E-state index < -0.39 is 56.7 Å². The van der Waals surface area contributed by atoms with Crippen molar-refractivity contribution in [3.05, 3.63) is 11.6 Å². The van der Waals surface area contributed by atoms with Gasteiger partial charge in [-0.25, -0.2) is 0 Å². The molecule has 0 aromatic rings. The number of esters is 1. The molecule has 3 N–H and O–H groups in total. The smallest absolute Gasteiger partial charge is 0.308 e. The van der Waals surface area contributed by atoms with Crippen LogP contribution in [0, 0.1) is 56.7 Å². The summed E-state index contributed by atoms with van der Waals surface area (Å²) in [5.74, 6) is -1.46. The molecule has 8 nitrogen and oxygen atoms in total. The lowest BCUT2D eigenvalue weighted by molar-refractivity contribution is -0.267. The van der Waals surface area contributed by atoms with Crippen LogP contribution >= 0.6 is 0 Å². The number of carboxylic acid groups (broad SMARTS) is 1. The molecule has 1 aliphatic heterocycles. The Labute approximate surface area is 264 Å². The van der Waals surface area contributed by atoms with Crippen molar-refractivity contribution in [2.45, 2.75) is 119 Å². The molecule has 248 valence electrons. The van der Waals surface area contributed by atoms with E-state index >= 15 is 0 Å². The van der Waals surface area contributed by atoms with Gasteiger partial charge >= 0.3 is 11.9 Å². The fraction of sp³-hybridized carbons (Fsp3) is 0.861.